The Bertz CT molecular complexity index is 135. The van der Waals surface area contributed by atoms with Crippen LogP contribution in [0.25, 0.3) is 0 Å². The Hall–Kier alpha value is -0.140. The first-order valence-corrected chi connectivity index (χ1v) is 3.58. The molecule has 2 fully saturated rings. The lowest BCUT2D eigenvalue weighted by Crippen LogP contribution is -2.09. The maximum Gasteiger partial charge on any atom is 0.148 e. The SMILES string of the molecule is F[C@@H]1[C@@H]2CCCC[C@]12F. The molecular weight excluding hydrogens is 122 g/mol. The fraction of sp³-hybridized carbons (Fsp3) is 1.00. The maximum absolute atomic E-state index is 13.0. The van der Waals surface area contributed by atoms with Crippen molar-refractivity contribution in [2.24, 2.45) is 5.92 Å². The van der Waals surface area contributed by atoms with E-state index in [2.05, 4.69) is 0 Å². The zero-order chi connectivity index (χ0) is 6.48. The Morgan fingerprint density at radius 3 is 2.56 bits per heavy atom. The first kappa shape index (κ1) is 5.63. The maximum atomic E-state index is 13.0. The van der Waals surface area contributed by atoms with E-state index in [-0.39, 0.29) is 5.92 Å². The molecule has 0 heterocycles. The summed E-state index contributed by atoms with van der Waals surface area (Å²) in [6.07, 6.45) is 2.04. The van der Waals surface area contributed by atoms with Gasteiger partial charge >= 0.3 is 0 Å². The average Bonchev–Trinajstić information content (AvgIpc) is 2.38. The van der Waals surface area contributed by atoms with Crippen LogP contribution in [0.2, 0.25) is 0 Å². The molecule has 2 rings (SSSR count). The highest BCUT2D eigenvalue weighted by molar-refractivity contribution is 5.15. The Morgan fingerprint density at radius 2 is 2.11 bits per heavy atom. The number of rotatable bonds is 0. The molecule has 0 aromatic carbocycles. The van der Waals surface area contributed by atoms with Crippen molar-refractivity contribution >= 4 is 0 Å². The molecule has 0 aromatic heterocycles. The summed E-state index contributed by atoms with van der Waals surface area (Å²) in [5.74, 6) is -0.216. The summed E-state index contributed by atoms with van der Waals surface area (Å²) in [6, 6.07) is 0. The molecule has 0 saturated heterocycles. The van der Waals surface area contributed by atoms with Gasteiger partial charge in [-0.05, 0) is 12.8 Å². The van der Waals surface area contributed by atoms with Crippen LogP contribution in [0.15, 0.2) is 0 Å². The van der Waals surface area contributed by atoms with Crippen molar-refractivity contribution in [1.29, 1.82) is 0 Å². The average molecular weight is 132 g/mol. The number of alkyl halides is 2. The van der Waals surface area contributed by atoms with Crippen molar-refractivity contribution in [2.45, 2.75) is 37.5 Å². The van der Waals surface area contributed by atoms with E-state index in [1.54, 1.807) is 0 Å². The van der Waals surface area contributed by atoms with E-state index in [1.807, 2.05) is 0 Å². The highest BCUT2D eigenvalue weighted by Crippen LogP contribution is 2.58. The number of hydrogen-bond acceptors (Lipinski definition) is 0. The molecule has 0 spiro atoms. The molecule has 9 heavy (non-hydrogen) atoms. The van der Waals surface area contributed by atoms with E-state index in [0.717, 1.165) is 19.3 Å². The van der Waals surface area contributed by atoms with E-state index in [9.17, 15) is 8.78 Å². The third kappa shape index (κ3) is 0.565. The fourth-order valence-electron chi connectivity index (χ4n) is 1.91. The Labute approximate surface area is 53.2 Å². The lowest BCUT2D eigenvalue weighted by atomic mass is 9.99. The molecule has 3 atom stereocenters. The van der Waals surface area contributed by atoms with Gasteiger partial charge in [0.05, 0.1) is 0 Å². The van der Waals surface area contributed by atoms with E-state index >= 15 is 0 Å². The molecule has 0 bridgehead atoms. The molecule has 0 aromatic rings. The van der Waals surface area contributed by atoms with Crippen LogP contribution in [-0.4, -0.2) is 11.8 Å². The molecule has 2 saturated carbocycles. The van der Waals surface area contributed by atoms with Gasteiger partial charge in [0.15, 0.2) is 0 Å². The minimum Gasteiger partial charge on any atom is -0.244 e. The monoisotopic (exact) mass is 132 g/mol. The molecule has 0 nitrogen and oxygen atoms in total. The van der Waals surface area contributed by atoms with Crippen molar-refractivity contribution in [3.05, 3.63) is 0 Å². The summed E-state index contributed by atoms with van der Waals surface area (Å²) in [7, 11) is 0. The molecule has 52 valence electrons. The largest absolute Gasteiger partial charge is 0.244 e. The molecule has 2 aliphatic rings. The first-order chi connectivity index (χ1) is 4.25. The van der Waals surface area contributed by atoms with Crippen LogP contribution in [0.5, 0.6) is 0 Å². The third-order valence-corrected chi connectivity index (χ3v) is 2.64. The van der Waals surface area contributed by atoms with Crippen LogP contribution in [-0.2, 0) is 0 Å². The van der Waals surface area contributed by atoms with Gasteiger partial charge in [-0.3, -0.25) is 0 Å². The second kappa shape index (κ2) is 1.47. The van der Waals surface area contributed by atoms with Crippen molar-refractivity contribution in [1.82, 2.24) is 0 Å². The van der Waals surface area contributed by atoms with Crippen LogP contribution in [0, 0.1) is 5.92 Å². The third-order valence-electron chi connectivity index (χ3n) is 2.64. The summed E-state index contributed by atoms with van der Waals surface area (Å²) < 4.78 is 25.5. The van der Waals surface area contributed by atoms with Gasteiger partial charge in [-0.2, -0.15) is 0 Å². The molecule has 0 aliphatic heterocycles. The van der Waals surface area contributed by atoms with Gasteiger partial charge in [0.25, 0.3) is 0 Å². The number of hydrogen-bond donors (Lipinski definition) is 0. The Morgan fingerprint density at radius 1 is 1.33 bits per heavy atom. The highest BCUT2D eigenvalue weighted by Gasteiger charge is 2.67. The van der Waals surface area contributed by atoms with Crippen molar-refractivity contribution < 1.29 is 8.78 Å². The topological polar surface area (TPSA) is 0 Å². The summed E-state index contributed by atoms with van der Waals surface area (Å²) in [4.78, 5) is 0. The Balaban J connectivity index is 2.10. The van der Waals surface area contributed by atoms with Crippen LogP contribution in [0.3, 0.4) is 0 Å². The van der Waals surface area contributed by atoms with Crippen molar-refractivity contribution in [2.75, 3.05) is 0 Å². The molecule has 0 amide bonds. The van der Waals surface area contributed by atoms with Gasteiger partial charge in [-0.15, -0.1) is 0 Å². The first-order valence-electron chi connectivity index (χ1n) is 3.58. The van der Waals surface area contributed by atoms with Crippen molar-refractivity contribution in [3.63, 3.8) is 0 Å². The molecule has 2 heteroatoms. The van der Waals surface area contributed by atoms with Gasteiger partial charge in [-0.25, -0.2) is 8.78 Å². The van der Waals surface area contributed by atoms with Crippen LogP contribution in [0.4, 0.5) is 8.78 Å². The van der Waals surface area contributed by atoms with E-state index in [0.29, 0.717) is 6.42 Å². The lowest BCUT2D eigenvalue weighted by Gasteiger charge is -2.10. The molecule has 0 N–H and O–H groups in total. The quantitative estimate of drug-likeness (QED) is 0.474. The highest BCUT2D eigenvalue weighted by atomic mass is 19.2. The minimum atomic E-state index is -1.36. The zero-order valence-electron chi connectivity index (χ0n) is 5.24. The van der Waals surface area contributed by atoms with Gasteiger partial charge in [0, 0.05) is 5.92 Å². The van der Waals surface area contributed by atoms with Gasteiger partial charge in [0.1, 0.15) is 11.8 Å². The van der Waals surface area contributed by atoms with E-state index < -0.39 is 11.8 Å². The summed E-state index contributed by atoms with van der Waals surface area (Å²) in [5.41, 5.74) is -1.36. The predicted molar refractivity (Wildman–Crippen MR) is 30.7 cm³/mol. The van der Waals surface area contributed by atoms with Gasteiger partial charge in [-0.1, -0.05) is 12.8 Å². The smallest absolute Gasteiger partial charge is 0.148 e. The normalized spacial score (nSPS) is 56.7. The van der Waals surface area contributed by atoms with Crippen LogP contribution < -0.4 is 0 Å². The van der Waals surface area contributed by atoms with Crippen LogP contribution >= 0.6 is 0 Å². The summed E-state index contributed by atoms with van der Waals surface area (Å²) in [5, 5.41) is 0. The number of fused-ring (bicyclic) bond motifs is 1. The zero-order valence-corrected chi connectivity index (χ0v) is 5.24. The summed E-state index contributed by atoms with van der Waals surface area (Å²) >= 11 is 0. The number of halogens is 2. The van der Waals surface area contributed by atoms with Gasteiger partial charge in [0.2, 0.25) is 0 Å². The standard InChI is InChI=1S/C7H10F2/c8-6-5-3-1-2-4-7(5,6)9/h5-6H,1-4H2/t5-,6+,7+/m0/s1. The molecule has 2 aliphatic carbocycles. The van der Waals surface area contributed by atoms with Crippen molar-refractivity contribution in [3.8, 4) is 0 Å². The molecular formula is C7H10F2. The second-order valence-electron chi connectivity index (χ2n) is 3.18. The van der Waals surface area contributed by atoms with Crippen LogP contribution in [0.1, 0.15) is 25.7 Å². The summed E-state index contributed by atoms with van der Waals surface area (Å²) in [6.45, 7) is 0. The Kier molecular flexibility index (Phi) is 0.920. The molecule has 0 radical (unpaired) electrons. The van der Waals surface area contributed by atoms with E-state index in [1.165, 1.54) is 0 Å². The second-order valence-corrected chi connectivity index (χ2v) is 3.18. The predicted octanol–water partition coefficient (Wildman–Crippen LogP) is 2.24. The fourth-order valence-corrected chi connectivity index (χ4v) is 1.91. The lowest BCUT2D eigenvalue weighted by molar-refractivity contribution is 0.203. The van der Waals surface area contributed by atoms with E-state index in [4.69, 9.17) is 0 Å². The molecule has 0 unspecified atom stereocenters. The van der Waals surface area contributed by atoms with Gasteiger partial charge < -0.3 is 0 Å². The minimum absolute atomic E-state index is 0.216.